The van der Waals surface area contributed by atoms with E-state index in [1.165, 1.54) is 12.1 Å². The predicted molar refractivity (Wildman–Crippen MR) is 72.6 cm³/mol. The normalized spacial score (nSPS) is 10.5. The van der Waals surface area contributed by atoms with Gasteiger partial charge >= 0.3 is 0 Å². The number of halogens is 1. The van der Waals surface area contributed by atoms with Crippen molar-refractivity contribution in [2.75, 3.05) is 6.54 Å². The molecule has 0 saturated carbocycles. The number of benzene rings is 1. The average molecular weight is 260 g/mol. The summed E-state index contributed by atoms with van der Waals surface area (Å²) in [7, 11) is 1.86. The minimum Gasteiger partial charge on any atom is -0.350 e. The first-order chi connectivity index (χ1) is 9.08. The molecule has 0 fully saturated rings. The van der Waals surface area contributed by atoms with E-state index in [1.807, 2.05) is 30.7 Å². The summed E-state index contributed by atoms with van der Waals surface area (Å²) in [6.45, 7) is 2.44. The molecule has 0 spiro atoms. The average Bonchev–Trinajstić information content (AvgIpc) is 2.70. The molecule has 0 aliphatic carbocycles. The molecule has 1 aromatic heterocycles. The first-order valence-electron chi connectivity index (χ1n) is 6.23. The fourth-order valence-corrected chi connectivity index (χ4v) is 1.94. The van der Waals surface area contributed by atoms with Gasteiger partial charge in [-0.2, -0.15) is 0 Å². The molecule has 1 aromatic carbocycles. The predicted octanol–water partition coefficient (Wildman–Crippen LogP) is 2.45. The zero-order valence-corrected chi connectivity index (χ0v) is 11.1. The molecule has 19 heavy (non-hydrogen) atoms. The molecule has 0 atom stereocenters. The largest absolute Gasteiger partial charge is 0.350 e. The number of aromatic nitrogens is 1. The van der Waals surface area contributed by atoms with Crippen LogP contribution in [0.15, 0.2) is 36.4 Å². The first-order valence-corrected chi connectivity index (χ1v) is 6.23. The number of aryl methyl sites for hydroxylation is 1. The summed E-state index contributed by atoms with van der Waals surface area (Å²) < 4.78 is 14.8. The molecule has 0 aliphatic heterocycles. The summed E-state index contributed by atoms with van der Waals surface area (Å²) in [5, 5.41) is 2.84. The van der Waals surface area contributed by atoms with Crippen molar-refractivity contribution < 1.29 is 9.18 Å². The van der Waals surface area contributed by atoms with E-state index in [4.69, 9.17) is 0 Å². The third kappa shape index (κ3) is 3.22. The fourth-order valence-electron chi connectivity index (χ4n) is 1.94. The van der Waals surface area contributed by atoms with Crippen LogP contribution in [0.4, 0.5) is 4.39 Å². The van der Waals surface area contributed by atoms with E-state index in [9.17, 15) is 9.18 Å². The van der Waals surface area contributed by atoms with Crippen molar-refractivity contribution in [1.82, 2.24) is 9.88 Å². The second kappa shape index (κ2) is 5.69. The van der Waals surface area contributed by atoms with Crippen LogP contribution in [-0.2, 0) is 13.5 Å². The van der Waals surface area contributed by atoms with Gasteiger partial charge in [0.1, 0.15) is 11.5 Å². The lowest BCUT2D eigenvalue weighted by molar-refractivity contribution is 0.0946. The molecule has 0 radical (unpaired) electrons. The van der Waals surface area contributed by atoms with Crippen molar-refractivity contribution in [3.63, 3.8) is 0 Å². The molecule has 2 aromatic rings. The molecule has 0 saturated heterocycles. The maximum absolute atomic E-state index is 13.0. The Balaban J connectivity index is 1.89. The first kappa shape index (κ1) is 13.3. The Morgan fingerprint density at radius 3 is 2.74 bits per heavy atom. The molecular formula is C15H17FN2O. The molecule has 1 heterocycles. The minimum absolute atomic E-state index is 0.105. The molecule has 0 bridgehead atoms. The molecule has 100 valence electrons. The van der Waals surface area contributed by atoms with Crippen molar-refractivity contribution in [2.24, 2.45) is 7.05 Å². The maximum Gasteiger partial charge on any atom is 0.267 e. The highest BCUT2D eigenvalue weighted by atomic mass is 19.1. The molecule has 4 heteroatoms. The van der Waals surface area contributed by atoms with Gasteiger partial charge in [0, 0.05) is 19.3 Å². The van der Waals surface area contributed by atoms with Gasteiger partial charge in [-0.1, -0.05) is 12.1 Å². The molecule has 2 rings (SSSR count). The van der Waals surface area contributed by atoms with Gasteiger partial charge in [0.15, 0.2) is 0 Å². The van der Waals surface area contributed by atoms with Gasteiger partial charge in [-0.25, -0.2) is 4.39 Å². The Kier molecular flexibility index (Phi) is 4.00. The van der Waals surface area contributed by atoms with E-state index in [0.29, 0.717) is 18.7 Å². The smallest absolute Gasteiger partial charge is 0.267 e. The van der Waals surface area contributed by atoms with Crippen molar-refractivity contribution in [3.8, 4) is 0 Å². The molecule has 0 aliphatic rings. The van der Waals surface area contributed by atoms with Gasteiger partial charge in [-0.15, -0.1) is 0 Å². The van der Waals surface area contributed by atoms with Crippen LogP contribution in [0, 0.1) is 12.7 Å². The molecule has 0 unspecified atom stereocenters. The van der Waals surface area contributed by atoms with Crippen LogP contribution in [0.5, 0.6) is 0 Å². The van der Waals surface area contributed by atoms with Gasteiger partial charge in [0.25, 0.3) is 5.91 Å². The summed E-state index contributed by atoms with van der Waals surface area (Å²) in [6, 6.07) is 10.1. The number of carbonyl (C=O) groups is 1. The van der Waals surface area contributed by atoms with Gasteiger partial charge < -0.3 is 9.88 Å². The summed E-state index contributed by atoms with van der Waals surface area (Å²) in [5.41, 5.74) is 2.55. The summed E-state index contributed by atoms with van der Waals surface area (Å²) in [5.74, 6) is -0.353. The van der Waals surface area contributed by atoms with Gasteiger partial charge in [0.05, 0.1) is 0 Å². The van der Waals surface area contributed by atoms with Crippen LogP contribution in [-0.4, -0.2) is 17.0 Å². The van der Waals surface area contributed by atoms with Gasteiger partial charge in [-0.3, -0.25) is 4.79 Å². The molecular weight excluding hydrogens is 243 g/mol. The lowest BCUT2D eigenvalue weighted by Crippen LogP contribution is -2.27. The number of rotatable bonds is 4. The highest BCUT2D eigenvalue weighted by Gasteiger charge is 2.09. The highest BCUT2D eigenvalue weighted by Crippen LogP contribution is 2.06. The summed E-state index contributed by atoms with van der Waals surface area (Å²) in [6.07, 6.45) is 0.618. The number of hydrogen-bond acceptors (Lipinski definition) is 1. The second-order valence-electron chi connectivity index (χ2n) is 4.55. The topological polar surface area (TPSA) is 34.0 Å². The third-order valence-corrected chi connectivity index (χ3v) is 3.19. The number of amides is 1. The Labute approximate surface area is 112 Å². The van der Waals surface area contributed by atoms with Crippen molar-refractivity contribution in [1.29, 1.82) is 0 Å². The van der Waals surface area contributed by atoms with Crippen LogP contribution >= 0.6 is 0 Å². The lowest BCUT2D eigenvalue weighted by Gasteiger charge is -2.07. The van der Waals surface area contributed by atoms with E-state index in [1.54, 1.807) is 12.1 Å². The Morgan fingerprint density at radius 1 is 1.32 bits per heavy atom. The molecule has 1 amide bonds. The summed E-state index contributed by atoms with van der Waals surface area (Å²) in [4.78, 5) is 11.9. The highest BCUT2D eigenvalue weighted by molar-refractivity contribution is 5.92. The number of carbonyl (C=O) groups excluding carboxylic acids is 1. The Bertz CT molecular complexity index is 590. The Morgan fingerprint density at radius 2 is 2.11 bits per heavy atom. The fraction of sp³-hybridized carbons (Fsp3) is 0.267. The molecule has 3 nitrogen and oxygen atoms in total. The standard InChI is InChI=1S/C15H17FN2O/c1-11-6-7-14(18(11)2)15(19)17-9-8-12-4-3-5-13(16)10-12/h3-7,10H,8-9H2,1-2H3,(H,17,19). The van der Waals surface area contributed by atoms with E-state index in [0.717, 1.165) is 11.3 Å². The van der Waals surface area contributed by atoms with Crippen LogP contribution in [0.1, 0.15) is 21.7 Å². The number of hydrogen-bond donors (Lipinski definition) is 1. The van der Waals surface area contributed by atoms with Gasteiger partial charge in [0.2, 0.25) is 0 Å². The van der Waals surface area contributed by atoms with Gasteiger partial charge in [-0.05, 0) is 43.2 Å². The zero-order chi connectivity index (χ0) is 13.8. The minimum atomic E-state index is -0.248. The quantitative estimate of drug-likeness (QED) is 0.900. The van der Waals surface area contributed by atoms with E-state index in [-0.39, 0.29) is 11.7 Å². The van der Waals surface area contributed by atoms with Crippen LogP contribution in [0.2, 0.25) is 0 Å². The van der Waals surface area contributed by atoms with E-state index < -0.39 is 0 Å². The SMILES string of the molecule is Cc1ccc(C(=O)NCCc2cccc(F)c2)n1C. The summed E-state index contributed by atoms with van der Waals surface area (Å²) >= 11 is 0. The van der Waals surface area contributed by atoms with Crippen LogP contribution < -0.4 is 5.32 Å². The van der Waals surface area contributed by atoms with Crippen LogP contribution in [0.25, 0.3) is 0 Å². The monoisotopic (exact) mass is 260 g/mol. The van der Waals surface area contributed by atoms with Crippen molar-refractivity contribution in [3.05, 3.63) is 59.2 Å². The van der Waals surface area contributed by atoms with Crippen molar-refractivity contribution >= 4 is 5.91 Å². The second-order valence-corrected chi connectivity index (χ2v) is 4.55. The van der Waals surface area contributed by atoms with Crippen molar-refractivity contribution in [2.45, 2.75) is 13.3 Å². The number of nitrogens with zero attached hydrogens (tertiary/aromatic N) is 1. The Hall–Kier alpha value is -2.10. The zero-order valence-electron chi connectivity index (χ0n) is 11.1. The number of nitrogens with one attached hydrogen (secondary N) is 1. The van der Waals surface area contributed by atoms with Crippen LogP contribution in [0.3, 0.4) is 0 Å². The molecule has 1 N–H and O–H groups in total. The third-order valence-electron chi connectivity index (χ3n) is 3.19. The van der Waals surface area contributed by atoms with E-state index in [2.05, 4.69) is 5.32 Å². The maximum atomic E-state index is 13.0. The lowest BCUT2D eigenvalue weighted by atomic mass is 10.1. The van der Waals surface area contributed by atoms with E-state index >= 15 is 0 Å².